The van der Waals surface area contributed by atoms with E-state index in [1.807, 2.05) is 6.07 Å². The highest BCUT2D eigenvalue weighted by atomic mass is 16.4. The Morgan fingerprint density at radius 3 is 2.62 bits per heavy atom. The lowest BCUT2D eigenvalue weighted by molar-refractivity contribution is -0.138. The van der Waals surface area contributed by atoms with Crippen LogP contribution in [0.2, 0.25) is 0 Å². The first-order chi connectivity index (χ1) is 9.88. The largest absolute Gasteiger partial charge is 0.481 e. The van der Waals surface area contributed by atoms with Crippen molar-refractivity contribution in [1.29, 1.82) is 0 Å². The third-order valence-corrected chi connectivity index (χ3v) is 2.78. The predicted molar refractivity (Wildman–Crippen MR) is 75.3 cm³/mol. The molecule has 0 aromatic carbocycles. The molecular formula is C14H19N3O4. The molecule has 114 valence electrons. The number of amides is 3. The molecule has 1 aromatic rings. The van der Waals surface area contributed by atoms with Gasteiger partial charge >= 0.3 is 12.0 Å². The van der Waals surface area contributed by atoms with Crippen LogP contribution in [-0.4, -0.2) is 39.9 Å². The van der Waals surface area contributed by atoms with Gasteiger partial charge in [-0.2, -0.15) is 0 Å². The van der Waals surface area contributed by atoms with Gasteiger partial charge in [0.15, 0.2) is 0 Å². The van der Waals surface area contributed by atoms with Gasteiger partial charge in [0.1, 0.15) is 0 Å². The molecule has 0 saturated heterocycles. The molecule has 0 aliphatic rings. The Kier molecular flexibility index (Phi) is 6.32. The molecule has 7 nitrogen and oxygen atoms in total. The van der Waals surface area contributed by atoms with E-state index in [-0.39, 0.29) is 25.3 Å². The number of nitrogens with zero attached hydrogens (tertiary/aromatic N) is 2. The number of carbonyl (C=O) groups excluding carboxylic acids is 2. The fourth-order valence-corrected chi connectivity index (χ4v) is 1.76. The van der Waals surface area contributed by atoms with Gasteiger partial charge in [-0.05, 0) is 18.1 Å². The summed E-state index contributed by atoms with van der Waals surface area (Å²) < 4.78 is 0. The van der Waals surface area contributed by atoms with Crippen LogP contribution in [0.15, 0.2) is 24.4 Å². The van der Waals surface area contributed by atoms with Gasteiger partial charge in [-0.25, -0.2) is 4.79 Å². The van der Waals surface area contributed by atoms with E-state index in [0.717, 1.165) is 0 Å². The van der Waals surface area contributed by atoms with E-state index in [9.17, 15) is 14.4 Å². The number of rotatable bonds is 6. The molecule has 0 bridgehead atoms. The average Bonchev–Trinajstić information content (AvgIpc) is 2.38. The van der Waals surface area contributed by atoms with Gasteiger partial charge in [0.25, 0.3) is 0 Å². The van der Waals surface area contributed by atoms with Crippen molar-refractivity contribution in [3.05, 3.63) is 30.1 Å². The number of hydrogen-bond donors (Lipinski definition) is 2. The summed E-state index contributed by atoms with van der Waals surface area (Å²) in [6.45, 7) is 1.93. The lowest BCUT2D eigenvalue weighted by atomic mass is 10.0. The number of carboxylic acids is 1. The SMILES string of the molecule is CC(CC(=O)O)CC(=O)NC(=O)N(C)Cc1ccccn1. The lowest BCUT2D eigenvalue weighted by Gasteiger charge is -2.17. The van der Waals surface area contributed by atoms with Crippen molar-refractivity contribution in [2.45, 2.75) is 26.3 Å². The van der Waals surface area contributed by atoms with Crippen LogP contribution in [0.5, 0.6) is 0 Å². The normalized spacial score (nSPS) is 11.5. The number of pyridine rings is 1. The smallest absolute Gasteiger partial charge is 0.324 e. The molecular weight excluding hydrogens is 274 g/mol. The highest BCUT2D eigenvalue weighted by Gasteiger charge is 2.17. The molecule has 0 spiro atoms. The molecule has 0 radical (unpaired) electrons. The minimum Gasteiger partial charge on any atom is -0.481 e. The van der Waals surface area contributed by atoms with Crippen LogP contribution in [0.1, 0.15) is 25.5 Å². The molecule has 0 aliphatic carbocycles. The molecule has 1 atom stereocenters. The van der Waals surface area contributed by atoms with Crippen molar-refractivity contribution < 1.29 is 19.5 Å². The van der Waals surface area contributed by atoms with Gasteiger partial charge in [-0.15, -0.1) is 0 Å². The zero-order valence-corrected chi connectivity index (χ0v) is 12.1. The summed E-state index contributed by atoms with van der Waals surface area (Å²) in [5.74, 6) is -1.77. The minimum atomic E-state index is -0.964. The van der Waals surface area contributed by atoms with Gasteiger partial charge in [-0.3, -0.25) is 19.9 Å². The van der Waals surface area contributed by atoms with Crippen LogP contribution in [0.4, 0.5) is 4.79 Å². The number of aromatic nitrogens is 1. The van der Waals surface area contributed by atoms with Crippen molar-refractivity contribution in [3.63, 3.8) is 0 Å². The molecule has 7 heteroatoms. The van der Waals surface area contributed by atoms with Crippen LogP contribution in [0, 0.1) is 5.92 Å². The molecule has 1 unspecified atom stereocenters. The molecule has 1 aromatic heterocycles. The van der Waals surface area contributed by atoms with Crippen molar-refractivity contribution in [2.24, 2.45) is 5.92 Å². The van der Waals surface area contributed by atoms with Gasteiger partial charge in [-0.1, -0.05) is 13.0 Å². The number of carbonyl (C=O) groups is 3. The van der Waals surface area contributed by atoms with E-state index >= 15 is 0 Å². The summed E-state index contributed by atoms with van der Waals surface area (Å²) in [7, 11) is 1.55. The topological polar surface area (TPSA) is 99.6 Å². The third-order valence-electron chi connectivity index (χ3n) is 2.78. The Balaban J connectivity index is 2.41. The van der Waals surface area contributed by atoms with Gasteiger partial charge < -0.3 is 10.0 Å². The molecule has 2 N–H and O–H groups in total. The summed E-state index contributed by atoms with van der Waals surface area (Å²) in [6, 6.07) is 4.83. The summed E-state index contributed by atoms with van der Waals surface area (Å²) in [6.07, 6.45) is 1.51. The Morgan fingerprint density at radius 1 is 1.33 bits per heavy atom. The summed E-state index contributed by atoms with van der Waals surface area (Å²) in [5, 5.41) is 10.8. The minimum absolute atomic E-state index is 0.00450. The van der Waals surface area contributed by atoms with E-state index in [4.69, 9.17) is 5.11 Å². The van der Waals surface area contributed by atoms with E-state index in [2.05, 4.69) is 10.3 Å². The second kappa shape index (κ2) is 7.98. The van der Waals surface area contributed by atoms with Crippen molar-refractivity contribution in [1.82, 2.24) is 15.2 Å². The Bertz CT molecular complexity index is 504. The molecule has 1 rings (SSSR count). The van der Waals surface area contributed by atoms with Gasteiger partial charge in [0.05, 0.1) is 12.2 Å². The fourth-order valence-electron chi connectivity index (χ4n) is 1.76. The maximum Gasteiger partial charge on any atom is 0.324 e. The third kappa shape index (κ3) is 6.51. The van der Waals surface area contributed by atoms with Crippen LogP contribution >= 0.6 is 0 Å². The molecule has 0 fully saturated rings. The fraction of sp³-hybridized carbons (Fsp3) is 0.429. The highest BCUT2D eigenvalue weighted by Crippen LogP contribution is 2.07. The zero-order chi connectivity index (χ0) is 15.8. The summed E-state index contributed by atoms with van der Waals surface area (Å²) in [5.41, 5.74) is 0.710. The number of hydrogen-bond acceptors (Lipinski definition) is 4. The number of urea groups is 1. The number of aliphatic carboxylic acids is 1. The Morgan fingerprint density at radius 2 is 2.05 bits per heavy atom. The van der Waals surface area contributed by atoms with E-state index in [1.54, 1.807) is 32.3 Å². The number of nitrogens with one attached hydrogen (secondary N) is 1. The molecule has 0 aliphatic heterocycles. The first-order valence-corrected chi connectivity index (χ1v) is 6.55. The maximum atomic E-state index is 11.8. The average molecular weight is 293 g/mol. The van der Waals surface area contributed by atoms with E-state index in [0.29, 0.717) is 5.69 Å². The Hall–Kier alpha value is -2.44. The first kappa shape index (κ1) is 16.6. The maximum absolute atomic E-state index is 11.8. The predicted octanol–water partition coefficient (Wildman–Crippen LogP) is 1.25. The van der Waals surface area contributed by atoms with Gasteiger partial charge in [0.2, 0.25) is 5.91 Å². The second-order valence-electron chi connectivity index (χ2n) is 4.94. The first-order valence-electron chi connectivity index (χ1n) is 6.55. The zero-order valence-electron chi connectivity index (χ0n) is 12.1. The summed E-state index contributed by atoms with van der Waals surface area (Å²) in [4.78, 5) is 39.4. The van der Waals surface area contributed by atoms with Crippen LogP contribution in [-0.2, 0) is 16.1 Å². The molecule has 21 heavy (non-hydrogen) atoms. The molecule has 1 heterocycles. The van der Waals surface area contributed by atoms with Crippen LogP contribution < -0.4 is 5.32 Å². The number of carboxylic acid groups (broad SMARTS) is 1. The summed E-state index contributed by atoms with van der Waals surface area (Å²) >= 11 is 0. The quantitative estimate of drug-likeness (QED) is 0.822. The second-order valence-corrected chi connectivity index (χ2v) is 4.94. The number of imide groups is 1. The monoisotopic (exact) mass is 293 g/mol. The van der Waals surface area contributed by atoms with Crippen LogP contribution in [0.25, 0.3) is 0 Å². The standard InChI is InChI=1S/C14H19N3O4/c1-10(8-13(19)20)7-12(18)16-14(21)17(2)9-11-5-3-4-6-15-11/h3-6,10H,7-9H2,1-2H3,(H,19,20)(H,16,18,21). The molecule has 0 saturated carbocycles. The van der Waals surface area contributed by atoms with Crippen molar-refractivity contribution >= 4 is 17.9 Å². The van der Waals surface area contributed by atoms with Crippen LogP contribution in [0.3, 0.4) is 0 Å². The van der Waals surface area contributed by atoms with Crippen molar-refractivity contribution in [3.8, 4) is 0 Å². The van der Waals surface area contributed by atoms with Crippen molar-refractivity contribution in [2.75, 3.05) is 7.05 Å². The van der Waals surface area contributed by atoms with E-state index < -0.39 is 17.9 Å². The lowest BCUT2D eigenvalue weighted by Crippen LogP contribution is -2.41. The highest BCUT2D eigenvalue weighted by molar-refractivity contribution is 5.94. The van der Waals surface area contributed by atoms with E-state index in [1.165, 1.54) is 4.90 Å². The molecule has 3 amide bonds. The Labute approximate surface area is 123 Å². The van der Waals surface area contributed by atoms with Gasteiger partial charge in [0, 0.05) is 26.1 Å².